The van der Waals surface area contributed by atoms with Crippen LogP contribution in [0.4, 0.5) is 0 Å². The average molecular weight is 220 g/mol. The highest BCUT2D eigenvalue weighted by atomic mass is 16.5. The van der Waals surface area contributed by atoms with Gasteiger partial charge in [0.2, 0.25) is 0 Å². The first-order valence-corrected chi connectivity index (χ1v) is 4.63. The zero-order chi connectivity index (χ0) is 12.1. The van der Waals surface area contributed by atoms with Crippen molar-refractivity contribution in [3.63, 3.8) is 0 Å². The van der Waals surface area contributed by atoms with Crippen LogP contribution in [0.3, 0.4) is 0 Å². The van der Waals surface area contributed by atoms with E-state index in [4.69, 9.17) is 9.84 Å². The Morgan fingerprint density at radius 2 is 2.06 bits per heavy atom. The van der Waals surface area contributed by atoms with Crippen LogP contribution in [0.25, 0.3) is 6.08 Å². The molecule has 0 fully saturated rings. The van der Waals surface area contributed by atoms with Gasteiger partial charge in [-0.15, -0.1) is 0 Å². The van der Waals surface area contributed by atoms with Crippen LogP contribution < -0.4 is 4.74 Å². The first kappa shape index (κ1) is 12.0. The third-order valence-corrected chi connectivity index (χ3v) is 2.15. The number of carbonyl (C=O) groups excluding carboxylic acids is 1. The van der Waals surface area contributed by atoms with Crippen molar-refractivity contribution in [2.24, 2.45) is 0 Å². The van der Waals surface area contributed by atoms with Crippen molar-refractivity contribution in [1.29, 1.82) is 0 Å². The highest BCUT2D eigenvalue weighted by Crippen LogP contribution is 2.22. The molecular formula is C12H12O4. The van der Waals surface area contributed by atoms with E-state index in [1.807, 2.05) is 0 Å². The second-order valence-corrected chi connectivity index (χ2v) is 3.24. The van der Waals surface area contributed by atoms with Crippen molar-refractivity contribution >= 4 is 18.3 Å². The molecule has 0 saturated carbocycles. The minimum Gasteiger partial charge on any atom is -0.496 e. The van der Waals surface area contributed by atoms with Crippen molar-refractivity contribution in [3.8, 4) is 5.75 Å². The molecule has 0 aliphatic heterocycles. The van der Waals surface area contributed by atoms with E-state index in [1.165, 1.54) is 13.2 Å². The fraction of sp³-hybridized carbons (Fsp3) is 0.167. The number of carboxylic acid groups (broad SMARTS) is 1. The number of carboxylic acids is 1. The van der Waals surface area contributed by atoms with Crippen molar-refractivity contribution in [2.75, 3.05) is 7.11 Å². The molecule has 16 heavy (non-hydrogen) atoms. The molecule has 4 heteroatoms. The Morgan fingerprint density at radius 3 is 2.56 bits per heavy atom. The third kappa shape index (κ3) is 2.70. The molecule has 1 rings (SSSR count). The van der Waals surface area contributed by atoms with E-state index in [9.17, 15) is 9.59 Å². The molecule has 0 unspecified atom stereocenters. The second-order valence-electron chi connectivity index (χ2n) is 3.24. The molecule has 1 aromatic rings. The summed E-state index contributed by atoms with van der Waals surface area (Å²) in [4.78, 5) is 21.1. The van der Waals surface area contributed by atoms with Crippen LogP contribution in [0, 0.1) is 6.92 Å². The number of benzene rings is 1. The number of rotatable bonds is 4. The molecule has 0 aromatic heterocycles. The van der Waals surface area contributed by atoms with Crippen LogP contribution in [0.5, 0.6) is 5.75 Å². The van der Waals surface area contributed by atoms with E-state index in [-0.39, 0.29) is 0 Å². The molecule has 0 radical (unpaired) electrons. The first-order valence-electron chi connectivity index (χ1n) is 4.63. The number of aryl methyl sites for hydroxylation is 1. The fourth-order valence-electron chi connectivity index (χ4n) is 1.34. The Labute approximate surface area is 93.2 Å². The van der Waals surface area contributed by atoms with Crippen molar-refractivity contribution < 1.29 is 19.4 Å². The van der Waals surface area contributed by atoms with Gasteiger partial charge in [-0.25, -0.2) is 4.79 Å². The fourth-order valence-corrected chi connectivity index (χ4v) is 1.34. The quantitative estimate of drug-likeness (QED) is 0.622. The Hall–Kier alpha value is -2.10. The minimum atomic E-state index is -1.02. The lowest BCUT2D eigenvalue weighted by Crippen LogP contribution is -1.94. The Bertz CT molecular complexity index is 447. The monoisotopic (exact) mass is 220 g/mol. The lowest BCUT2D eigenvalue weighted by atomic mass is 10.0. The molecule has 1 N–H and O–H groups in total. The lowest BCUT2D eigenvalue weighted by molar-refractivity contribution is -0.131. The van der Waals surface area contributed by atoms with Crippen LogP contribution in [-0.2, 0) is 4.79 Å². The lowest BCUT2D eigenvalue weighted by Gasteiger charge is -2.07. The summed E-state index contributed by atoms with van der Waals surface area (Å²) in [5, 5.41) is 8.52. The van der Waals surface area contributed by atoms with Gasteiger partial charge in [0, 0.05) is 6.08 Å². The van der Waals surface area contributed by atoms with Gasteiger partial charge in [0.1, 0.15) is 5.75 Å². The number of aliphatic carboxylic acids is 1. The molecule has 1 aromatic carbocycles. The molecule has 84 valence electrons. The smallest absolute Gasteiger partial charge is 0.328 e. The first-order chi connectivity index (χ1) is 7.58. The van der Waals surface area contributed by atoms with Gasteiger partial charge in [-0.1, -0.05) is 0 Å². The summed E-state index contributed by atoms with van der Waals surface area (Å²) in [5.74, 6) is -0.580. The van der Waals surface area contributed by atoms with Gasteiger partial charge in [-0.3, -0.25) is 4.79 Å². The van der Waals surface area contributed by atoms with Gasteiger partial charge < -0.3 is 9.84 Å². The maximum Gasteiger partial charge on any atom is 0.328 e. The van der Waals surface area contributed by atoms with Crippen LogP contribution in [0.1, 0.15) is 21.5 Å². The average Bonchev–Trinajstić information content (AvgIpc) is 2.26. The highest BCUT2D eigenvalue weighted by Gasteiger charge is 2.05. The molecule has 0 atom stereocenters. The number of hydrogen-bond donors (Lipinski definition) is 1. The molecule has 0 aliphatic carbocycles. The van der Waals surface area contributed by atoms with E-state index < -0.39 is 5.97 Å². The number of ether oxygens (including phenoxy) is 1. The van der Waals surface area contributed by atoms with E-state index in [1.54, 1.807) is 19.1 Å². The molecule has 0 saturated heterocycles. The number of carbonyl (C=O) groups is 2. The van der Waals surface area contributed by atoms with Crippen molar-refractivity contribution in [3.05, 3.63) is 34.9 Å². The largest absolute Gasteiger partial charge is 0.496 e. The van der Waals surface area contributed by atoms with Gasteiger partial charge >= 0.3 is 5.97 Å². The van der Waals surface area contributed by atoms with E-state index in [2.05, 4.69) is 0 Å². The van der Waals surface area contributed by atoms with Gasteiger partial charge in [0.15, 0.2) is 6.29 Å². The summed E-state index contributed by atoms with van der Waals surface area (Å²) >= 11 is 0. The SMILES string of the molecule is COc1cc(/C=C/C(=O)O)c(C)cc1C=O. The van der Waals surface area contributed by atoms with Gasteiger partial charge in [0.25, 0.3) is 0 Å². The number of methoxy groups -OCH3 is 1. The highest BCUT2D eigenvalue weighted by molar-refractivity contribution is 5.87. The summed E-state index contributed by atoms with van der Waals surface area (Å²) in [6.07, 6.45) is 3.22. The van der Waals surface area contributed by atoms with Crippen LogP contribution in [0.15, 0.2) is 18.2 Å². The van der Waals surface area contributed by atoms with Gasteiger partial charge in [-0.2, -0.15) is 0 Å². The maximum atomic E-state index is 10.7. The van der Waals surface area contributed by atoms with Crippen LogP contribution >= 0.6 is 0 Å². The molecule has 0 spiro atoms. The standard InChI is InChI=1S/C12H12O4/c1-8-5-10(7-13)11(16-2)6-9(8)3-4-12(14)15/h3-7H,1-2H3,(H,14,15)/b4-3+. The van der Waals surface area contributed by atoms with Crippen LogP contribution in [0.2, 0.25) is 0 Å². The minimum absolute atomic E-state index is 0.436. The molecular weight excluding hydrogens is 208 g/mol. The molecule has 0 bridgehead atoms. The van der Waals surface area contributed by atoms with Crippen LogP contribution in [-0.4, -0.2) is 24.5 Å². The molecule has 4 nitrogen and oxygen atoms in total. The van der Waals surface area contributed by atoms with Gasteiger partial charge in [-0.05, 0) is 36.3 Å². The van der Waals surface area contributed by atoms with E-state index in [0.717, 1.165) is 11.6 Å². The van der Waals surface area contributed by atoms with Gasteiger partial charge in [0.05, 0.1) is 12.7 Å². The Kier molecular flexibility index (Phi) is 3.83. The Morgan fingerprint density at radius 1 is 1.38 bits per heavy atom. The molecule has 0 amide bonds. The zero-order valence-corrected chi connectivity index (χ0v) is 9.06. The summed E-state index contributed by atoms with van der Waals surface area (Å²) in [7, 11) is 1.46. The van der Waals surface area contributed by atoms with E-state index in [0.29, 0.717) is 23.2 Å². The van der Waals surface area contributed by atoms with Crippen molar-refractivity contribution in [1.82, 2.24) is 0 Å². The number of aldehydes is 1. The Balaban J connectivity index is 3.21. The topological polar surface area (TPSA) is 63.6 Å². The van der Waals surface area contributed by atoms with Crippen molar-refractivity contribution in [2.45, 2.75) is 6.92 Å². The summed E-state index contributed by atoms with van der Waals surface area (Å²) < 4.78 is 5.03. The normalized spacial score (nSPS) is 10.4. The maximum absolute atomic E-state index is 10.7. The summed E-state index contributed by atoms with van der Waals surface area (Å²) in [6, 6.07) is 3.30. The molecule has 0 aliphatic rings. The van der Waals surface area contributed by atoms with E-state index >= 15 is 0 Å². The molecule has 0 heterocycles. The number of hydrogen-bond acceptors (Lipinski definition) is 3. The third-order valence-electron chi connectivity index (χ3n) is 2.15. The zero-order valence-electron chi connectivity index (χ0n) is 9.06. The summed E-state index contributed by atoms with van der Waals surface area (Å²) in [5.41, 5.74) is 1.98. The predicted octanol–water partition coefficient (Wildman–Crippen LogP) is 1.91. The second kappa shape index (κ2) is 5.11. The summed E-state index contributed by atoms with van der Waals surface area (Å²) in [6.45, 7) is 1.80. The predicted molar refractivity (Wildman–Crippen MR) is 59.8 cm³/mol.